The summed E-state index contributed by atoms with van der Waals surface area (Å²) >= 11 is 5.77. The lowest BCUT2D eigenvalue weighted by Gasteiger charge is -2.55. The van der Waals surface area contributed by atoms with Crippen LogP contribution >= 0.6 is 12.2 Å². The van der Waals surface area contributed by atoms with Gasteiger partial charge in [-0.1, -0.05) is 30.2 Å². The molecule has 1 aromatic rings. The van der Waals surface area contributed by atoms with Gasteiger partial charge in [0.1, 0.15) is 5.75 Å². The molecule has 0 radical (unpaired) electrons. The fraction of sp³-hybridized carbons (Fsp3) is 0.583. The minimum atomic E-state index is -0.193. The van der Waals surface area contributed by atoms with Gasteiger partial charge >= 0.3 is 0 Å². The Kier molecular flexibility index (Phi) is 5.54. The molecule has 6 heteroatoms. The number of para-hydroxylation sites is 1. The van der Waals surface area contributed by atoms with E-state index in [9.17, 15) is 4.79 Å². The number of benzene rings is 1. The largest absolute Gasteiger partial charge is 0.496 e. The number of ether oxygens (including phenoxy) is 1. The molecule has 3 saturated heterocycles. The number of nitrogens with zero attached hydrogens (tertiary/aromatic N) is 2. The molecule has 30 heavy (non-hydrogen) atoms. The third-order valence-electron chi connectivity index (χ3n) is 7.49. The van der Waals surface area contributed by atoms with E-state index in [1.807, 2.05) is 12.1 Å². The molecular formula is C24H31N3O2S. The highest BCUT2D eigenvalue weighted by Gasteiger charge is 2.46. The molecule has 3 heterocycles. The van der Waals surface area contributed by atoms with Crippen LogP contribution in [0.25, 0.3) is 0 Å². The van der Waals surface area contributed by atoms with Gasteiger partial charge in [0.05, 0.1) is 18.7 Å². The van der Waals surface area contributed by atoms with E-state index >= 15 is 0 Å². The van der Waals surface area contributed by atoms with E-state index in [4.69, 9.17) is 17.0 Å². The molecule has 3 aliphatic heterocycles. The Hall–Kier alpha value is -1.92. The molecule has 1 amide bonds. The van der Waals surface area contributed by atoms with Crippen LogP contribution in [0.1, 0.15) is 48.9 Å². The molecule has 4 atom stereocenters. The Bertz CT molecular complexity index is 870. The van der Waals surface area contributed by atoms with Gasteiger partial charge in [-0.25, -0.2) is 0 Å². The van der Waals surface area contributed by atoms with Crippen LogP contribution in [0.3, 0.4) is 0 Å². The summed E-state index contributed by atoms with van der Waals surface area (Å²) < 4.78 is 5.35. The van der Waals surface area contributed by atoms with Crippen molar-refractivity contribution < 1.29 is 9.53 Å². The molecule has 0 aromatic heterocycles. The maximum Gasteiger partial charge on any atom is 0.261 e. The van der Waals surface area contributed by atoms with E-state index in [0.29, 0.717) is 34.3 Å². The van der Waals surface area contributed by atoms with Crippen molar-refractivity contribution in [2.24, 2.45) is 11.8 Å². The second-order valence-electron chi connectivity index (χ2n) is 9.16. The number of rotatable bonds is 2. The fourth-order valence-electron chi connectivity index (χ4n) is 6.27. The standard InChI is InChI=1S/C24H31N3O2S/c1-29-21-10-3-2-8-19(21)23(28)25-24(30)27-12-6-7-16-13-17-14-18(22(16)27)15-26-11-5-4-9-20(17)26/h2-3,8,10,13,17-18,20,22H,4-7,9,11-12,14-15H2,1H3,(H,25,28,30)/t17-,18+,20-,22-/m1/s1. The number of piperidine rings is 3. The normalized spacial score (nSPS) is 30.6. The van der Waals surface area contributed by atoms with Crippen molar-refractivity contribution in [3.63, 3.8) is 0 Å². The second-order valence-corrected chi connectivity index (χ2v) is 9.55. The van der Waals surface area contributed by atoms with Crippen molar-refractivity contribution in [2.45, 2.75) is 50.6 Å². The van der Waals surface area contributed by atoms with Gasteiger partial charge in [-0.05, 0) is 74.8 Å². The monoisotopic (exact) mass is 425 g/mol. The van der Waals surface area contributed by atoms with Crippen molar-refractivity contribution in [3.05, 3.63) is 41.5 Å². The lowest BCUT2D eigenvalue weighted by Crippen LogP contribution is -2.61. The van der Waals surface area contributed by atoms with Crippen LogP contribution in [0.5, 0.6) is 5.75 Å². The predicted octanol–water partition coefficient (Wildman–Crippen LogP) is 3.60. The Morgan fingerprint density at radius 1 is 1.20 bits per heavy atom. The van der Waals surface area contributed by atoms with Crippen LogP contribution < -0.4 is 10.1 Å². The molecule has 5 rings (SSSR count). The van der Waals surface area contributed by atoms with Crippen LogP contribution in [0.15, 0.2) is 35.9 Å². The van der Waals surface area contributed by atoms with Gasteiger partial charge in [0.15, 0.2) is 5.11 Å². The molecule has 4 aliphatic rings. The number of hydrogen-bond donors (Lipinski definition) is 1. The van der Waals surface area contributed by atoms with Crippen LogP contribution in [0.2, 0.25) is 0 Å². The molecule has 1 aromatic carbocycles. The van der Waals surface area contributed by atoms with Gasteiger partial charge in [-0.2, -0.15) is 0 Å². The van der Waals surface area contributed by atoms with Gasteiger partial charge in [0.25, 0.3) is 5.91 Å². The summed E-state index contributed by atoms with van der Waals surface area (Å²) in [6, 6.07) is 8.38. The molecule has 1 aliphatic carbocycles. The number of amides is 1. The Morgan fingerprint density at radius 3 is 2.93 bits per heavy atom. The molecule has 1 N–H and O–H groups in total. The highest BCUT2D eigenvalue weighted by molar-refractivity contribution is 7.80. The minimum Gasteiger partial charge on any atom is -0.496 e. The van der Waals surface area contributed by atoms with Crippen LogP contribution in [0, 0.1) is 11.8 Å². The zero-order valence-electron chi connectivity index (χ0n) is 17.7. The number of carbonyl (C=O) groups excluding carboxylic acids is 1. The maximum absolute atomic E-state index is 12.9. The highest BCUT2D eigenvalue weighted by Crippen LogP contribution is 2.45. The summed E-state index contributed by atoms with van der Waals surface area (Å²) in [5.74, 6) is 1.68. The summed E-state index contributed by atoms with van der Waals surface area (Å²) in [7, 11) is 1.58. The topological polar surface area (TPSA) is 44.8 Å². The first-order valence-corrected chi connectivity index (χ1v) is 11.8. The maximum atomic E-state index is 12.9. The van der Waals surface area contributed by atoms with E-state index in [-0.39, 0.29) is 5.91 Å². The Balaban J connectivity index is 1.35. The summed E-state index contributed by atoms with van der Waals surface area (Å²) in [4.78, 5) is 17.9. The van der Waals surface area contributed by atoms with E-state index in [1.165, 1.54) is 45.2 Å². The molecule has 0 saturated carbocycles. The van der Waals surface area contributed by atoms with Crippen LogP contribution in [-0.2, 0) is 0 Å². The molecule has 160 valence electrons. The quantitative estimate of drug-likeness (QED) is 0.579. The van der Waals surface area contributed by atoms with Crippen molar-refractivity contribution in [1.29, 1.82) is 0 Å². The number of methoxy groups -OCH3 is 1. The van der Waals surface area contributed by atoms with Gasteiger partial charge in [-0.15, -0.1) is 0 Å². The number of likely N-dealkylation sites (tertiary alicyclic amines) is 1. The van der Waals surface area contributed by atoms with Crippen molar-refractivity contribution in [2.75, 3.05) is 26.7 Å². The summed E-state index contributed by atoms with van der Waals surface area (Å²) in [6.45, 7) is 3.32. The van der Waals surface area contributed by atoms with Crippen molar-refractivity contribution >= 4 is 23.2 Å². The van der Waals surface area contributed by atoms with E-state index in [1.54, 1.807) is 24.8 Å². The lowest BCUT2D eigenvalue weighted by atomic mass is 9.68. The summed E-state index contributed by atoms with van der Waals surface area (Å²) in [5, 5.41) is 3.56. The molecule has 5 nitrogen and oxygen atoms in total. The first-order valence-electron chi connectivity index (χ1n) is 11.4. The van der Waals surface area contributed by atoms with Crippen molar-refractivity contribution in [1.82, 2.24) is 15.1 Å². The van der Waals surface area contributed by atoms with Crippen LogP contribution in [0.4, 0.5) is 0 Å². The van der Waals surface area contributed by atoms with E-state index in [0.717, 1.165) is 19.0 Å². The second kappa shape index (κ2) is 8.31. The molecule has 0 spiro atoms. The smallest absolute Gasteiger partial charge is 0.261 e. The number of carbonyl (C=O) groups is 1. The van der Waals surface area contributed by atoms with Gasteiger partial charge in [0, 0.05) is 19.1 Å². The van der Waals surface area contributed by atoms with E-state index < -0.39 is 0 Å². The van der Waals surface area contributed by atoms with Gasteiger partial charge < -0.3 is 9.64 Å². The molecule has 2 bridgehead atoms. The summed E-state index contributed by atoms with van der Waals surface area (Å²) in [5.41, 5.74) is 2.08. The predicted molar refractivity (Wildman–Crippen MR) is 122 cm³/mol. The third kappa shape index (κ3) is 3.54. The highest BCUT2D eigenvalue weighted by atomic mass is 32.1. The van der Waals surface area contributed by atoms with E-state index in [2.05, 4.69) is 21.2 Å². The first kappa shape index (κ1) is 20.0. The minimum absolute atomic E-state index is 0.193. The average Bonchev–Trinajstić information content (AvgIpc) is 2.78. The SMILES string of the molecule is COc1ccccc1C(=O)NC(=S)N1CCCC2=C[C@@H]3C[C@@H](CN4CCCC[C@H]34)[C@@H]21. The fourth-order valence-corrected chi connectivity index (χ4v) is 6.57. The number of hydrogen-bond acceptors (Lipinski definition) is 4. The zero-order valence-corrected chi connectivity index (χ0v) is 18.5. The number of thiocarbonyl (C=S) groups is 1. The Morgan fingerprint density at radius 2 is 2.07 bits per heavy atom. The number of nitrogens with one attached hydrogen (secondary N) is 1. The summed E-state index contributed by atoms with van der Waals surface area (Å²) in [6.07, 6.45) is 10.2. The average molecular weight is 426 g/mol. The molecular weight excluding hydrogens is 394 g/mol. The van der Waals surface area contributed by atoms with Gasteiger partial charge in [0.2, 0.25) is 0 Å². The molecule has 3 fully saturated rings. The number of fused-ring (bicyclic) bond motifs is 6. The first-order chi connectivity index (χ1) is 14.7. The van der Waals surface area contributed by atoms with Crippen LogP contribution in [-0.4, -0.2) is 59.6 Å². The lowest BCUT2D eigenvalue weighted by molar-refractivity contribution is 0.0127. The molecule has 0 unspecified atom stereocenters. The van der Waals surface area contributed by atoms with Gasteiger partial charge in [-0.3, -0.25) is 15.0 Å². The van der Waals surface area contributed by atoms with Crippen molar-refractivity contribution in [3.8, 4) is 5.75 Å². The third-order valence-corrected chi connectivity index (χ3v) is 7.83. The Labute approximate surface area is 184 Å². The zero-order chi connectivity index (χ0) is 20.7.